The van der Waals surface area contributed by atoms with Crippen molar-refractivity contribution in [1.29, 1.82) is 0 Å². The molecule has 0 spiro atoms. The number of benzene rings is 1. The Hall–Kier alpha value is -2.43. The molecule has 1 aliphatic carbocycles. The number of ether oxygens (including phenoxy) is 2. The van der Waals surface area contributed by atoms with Crippen LogP contribution in [-0.2, 0) is 11.2 Å². The van der Waals surface area contributed by atoms with Crippen molar-refractivity contribution in [2.45, 2.75) is 83.6 Å². The molecule has 3 rings (SSSR count). The van der Waals surface area contributed by atoms with Crippen LogP contribution in [0.5, 0.6) is 11.5 Å². The number of aliphatic hydroxyl groups is 4. The molecule has 0 amide bonds. The van der Waals surface area contributed by atoms with Crippen LogP contribution in [0.25, 0.3) is 0 Å². The summed E-state index contributed by atoms with van der Waals surface area (Å²) in [6.07, 6.45) is -1.15. The third-order valence-corrected chi connectivity index (χ3v) is 7.26. The summed E-state index contributed by atoms with van der Waals surface area (Å²) >= 11 is 0. The number of aromatic carboxylic acids is 1. The molecule has 36 heavy (non-hydrogen) atoms. The largest absolute Gasteiger partial charge is 0.507 e. The maximum absolute atomic E-state index is 12.6. The van der Waals surface area contributed by atoms with Crippen LogP contribution in [0.2, 0.25) is 0 Å². The molecule has 1 aromatic rings. The van der Waals surface area contributed by atoms with E-state index in [1.807, 2.05) is 26.8 Å². The van der Waals surface area contributed by atoms with Gasteiger partial charge >= 0.3 is 5.97 Å². The Kier molecular flexibility index (Phi) is 9.18. The summed E-state index contributed by atoms with van der Waals surface area (Å²) in [5, 5.41) is 61.9. The SMILES string of the molecule is C=C(C)[C@@H]1CCC(C)=C[C@H]1c1c(O)cc(CCCC)c(C(=O)O)c1OC1O[C@H](O)[C@@H](O)[C@H](O)[C@H]1CO. The van der Waals surface area contributed by atoms with Crippen LogP contribution in [0.1, 0.15) is 73.9 Å². The number of aryl methyl sites for hydroxylation is 1. The van der Waals surface area contributed by atoms with Gasteiger partial charge in [0.1, 0.15) is 23.2 Å². The molecule has 0 aromatic heterocycles. The highest BCUT2D eigenvalue weighted by molar-refractivity contribution is 5.94. The van der Waals surface area contributed by atoms with Gasteiger partial charge in [0.25, 0.3) is 0 Å². The minimum absolute atomic E-state index is 0.0935. The van der Waals surface area contributed by atoms with E-state index in [1.54, 1.807) is 0 Å². The first-order valence-corrected chi connectivity index (χ1v) is 12.4. The first-order valence-electron chi connectivity index (χ1n) is 12.4. The number of carboxylic acids is 1. The number of rotatable bonds is 9. The summed E-state index contributed by atoms with van der Waals surface area (Å²) in [5.41, 5.74) is 2.42. The molecule has 0 saturated carbocycles. The lowest BCUT2D eigenvalue weighted by molar-refractivity contribution is -0.313. The second-order valence-electron chi connectivity index (χ2n) is 9.95. The highest BCUT2D eigenvalue weighted by Crippen LogP contribution is 2.49. The number of carboxylic acid groups (broad SMARTS) is 1. The minimum Gasteiger partial charge on any atom is -0.507 e. The molecule has 9 heteroatoms. The molecular weight excluding hydrogens is 468 g/mol. The number of aliphatic hydroxyl groups excluding tert-OH is 4. The molecule has 7 atom stereocenters. The zero-order valence-electron chi connectivity index (χ0n) is 21.1. The van der Waals surface area contributed by atoms with Gasteiger partial charge in [-0.15, -0.1) is 0 Å². The molecule has 0 radical (unpaired) electrons. The van der Waals surface area contributed by atoms with Crippen LogP contribution < -0.4 is 4.74 Å². The van der Waals surface area contributed by atoms with E-state index in [4.69, 9.17) is 9.47 Å². The van der Waals surface area contributed by atoms with E-state index >= 15 is 0 Å². The number of allylic oxidation sites excluding steroid dienone is 3. The molecule has 0 bridgehead atoms. The maximum Gasteiger partial charge on any atom is 0.339 e. The summed E-state index contributed by atoms with van der Waals surface area (Å²) in [7, 11) is 0. The van der Waals surface area contributed by atoms with Crippen molar-refractivity contribution in [3.63, 3.8) is 0 Å². The van der Waals surface area contributed by atoms with Crippen LogP contribution in [0.3, 0.4) is 0 Å². The second-order valence-corrected chi connectivity index (χ2v) is 9.95. The first-order chi connectivity index (χ1) is 17.0. The number of hydrogen-bond donors (Lipinski definition) is 6. The summed E-state index contributed by atoms with van der Waals surface area (Å²) in [6.45, 7) is 9.26. The van der Waals surface area contributed by atoms with Gasteiger partial charge in [0, 0.05) is 11.5 Å². The van der Waals surface area contributed by atoms with E-state index in [2.05, 4.69) is 6.58 Å². The van der Waals surface area contributed by atoms with Gasteiger partial charge in [-0.25, -0.2) is 4.79 Å². The van der Waals surface area contributed by atoms with E-state index in [0.717, 1.165) is 30.4 Å². The van der Waals surface area contributed by atoms with Crippen LogP contribution in [0.4, 0.5) is 0 Å². The number of hydrogen-bond acceptors (Lipinski definition) is 8. The molecule has 1 aliphatic heterocycles. The Bertz CT molecular complexity index is 1000. The van der Waals surface area contributed by atoms with Crippen molar-refractivity contribution >= 4 is 5.97 Å². The third kappa shape index (κ3) is 5.60. The summed E-state index contributed by atoms with van der Waals surface area (Å²) in [4.78, 5) is 12.6. The Labute approximate surface area is 211 Å². The van der Waals surface area contributed by atoms with Crippen molar-refractivity contribution in [2.24, 2.45) is 11.8 Å². The van der Waals surface area contributed by atoms with Crippen molar-refractivity contribution in [3.8, 4) is 11.5 Å². The monoisotopic (exact) mass is 506 g/mol. The van der Waals surface area contributed by atoms with E-state index in [0.29, 0.717) is 18.4 Å². The third-order valence-electron chi connectivity index (χ3n) is 7.26. The van der Waals surface area contributed by atoms with Crippen molar-refractivity contribution in [1.82, 2.24) is 0 Å². The molecule has 1 aromatic carbocycles. The van der Waals surface area contributed by atoms with Gasteiger partial charge in [-0.1, -0.05) is 37.1 Å². The Morgan fingerprint density at radius 3 is 2.53 bits per heavy atom. The smallest absolute Gasteiger partial charge is 0.339 e. The molecule has 6 N–H and O–H groups in total. The predicted molar refractivity (Wildman–Crippen MR) is 132 cm³/mol. The van der Waals surface area contributed by atoms with Gasteiger partial charge in [-0.05, 0) is 57.1 Å². The highest BCUT2D eigenvalue weighted by atomic mass is 16.7. The number of unbranched alkanes of at least 4 members (excludes halogenated alkanes) is 1. The Balaban J connectivity index is 2.25. The average Bonchev–Trinajstić information content (AvgIpc) is 2.80. The predicted octanol–water partition coefficient (Wildman–Crippen LogP) is 2.83. The molecule has 200 valence electrons. The van der Waals surface area contributed by atoms with Crippen molar-refractivity contribution in [2.75, 3.05) is 6.61 Å². The molecule has 2 aliphatic rings. The highest BCUT2D eigenvalue weighted by Gasteiger charge is 2.46. The second kappa shape index (κ2) is 11.7. The molecule has 1 heterocycles. The van der Waals surface area contributed by atoms with E-state index in [-0.39, 0.29) is 28.5 Å². The molecule has 1 unspecified atom stereocenters. The van der Waals surface area contributed by atoms with Gasteiger partial charge in [0.05, 0.1) is 18.6 Å². The number of phenols is 1. The zero-order chi connectivity index (χ0) is 26.7. The molecule has 9 nitrogen and oxygen atoms in total. The molecule has 1 saturated heterocycles. The lowest BCUT2D eigenvalue weighted by atomic mass is 9.73. The maximum atomic E-state index is 12.6. The van der Waals surface area contributed by atoms with Crippen molar-refractivity contribution in [3.05, 3.63) is 46.6 Å². The lowest BCUT2D eigenvalue weighted by Crippen LogP contribution is -2.57. The first kappa shape index (κ1) is 28.1. The lowest BCUT2D eigenvalue weighted by Gasteiger charge is -2.41. The van der Waals surface area contributed by atoms with E-state index in [1.165, 1.54) is 6.07 Å². The fraction of sp³-hybridized carbons (Fsp3) is 0.593. The van der Waals surface area contributed by atoms with Gasteiger partial charge in [-0.2, -0.15) is 0 Å². The molecule has 1 fully saturated rings. The normalized spacial score (nSPS) is 30.5. The van der Waals surface area contributed by atoms with E-state index in [9.17, 15) is 35.4 Å². The van der Waals surface area contributed by atoms with Crippen LogP contribution in [0, 0.1) is 11.8 Å². The van der Waals surface area contributed by atoms with Crippen LogP contribution >= 0.6 is 0 Å². The van der Waals surface area contributed by atoms with Gasteiger partial charge in [0.15, 0.2) is 6.29 Å². The minimum atomic E-state index is -1.82. The van der Waals surface area contributed by atoms with E-state index < -0.39 is 49.2 Å². The van der Waals surface area contributed by atoms with Gasteiger partial charge in [0.2, 0.25) is 6.29 Å². The Morgan fingerprint density at radius 1 is 1.25 bits per heavy atom. The van der Waals surface area contributed by atoms with Crippen LogP contribution in [-0.4, -0.2) is 68.0 Å². The number of phenolic OH excluding ortho intramolecular Hbond substituents is 1. The fourth-order valence-electron chi connectivity index (χ4n) is 5.19. The fourth-order valence-corrected chi connectivity index (χ4v) is 5.19. The molecular formula is C27H38O9. The quantitative estimate of drug-likeness (QED) is 0.277. The van der Waals surface area contributed by atoms with Crippen molar-refractivity contribution < 1.29 is 44.9 Å². The summed E-state index contributed by atoms with van der Waals surface area (Å²) in [5.74, 6) is -3.26. The summed E-state index contributed by atoms with van der Waals surface area (Å²) < 4.78 is 11.4. The Morgan fingerprint density at radius 2 is 1.94 bits per heavy atom. The zero-order valence-corrected chi connectivity index (χ0v) is 21.1. The summed E-state index contributed by atoms with van der Waals surface area (Å²) in [6, 6.07) is 1.47. The van der Waals surface area contributed by atoms with Gasteiger partial charge < -0.3 is 40.1 Å². The number of carbonyl (C=O) groups is 1. The standard InChI is InChI=1S/C27H38O9/c1-5-6-7-15-11-19(29)21(17-10-14(4)8-9-16(17)13(2)3)24(20(15)25(32)33)35-27-18(12-28)22(30)23(31)26(34)36-27/h10-11,16-18,22-23,26-31,34H,2,5-9,12H2,1,3-4H3,(H,32,33)/t16-,17+,18+,22+,23-,26-,27?/m0/s1. The number of aromatic hydroxyl groups is 1. The average molecular weight is 507 g/mol. The van der Waals surface area contributed by atoms with Crippen LogP contribution in [0.15, 0.2) is 29.9 Å². The topological polar surface area (TPSA) is 157 Å². The van der Waals surface area contributed by atoms with Gasteiger partial charge in [-0.3, -0.25) is 0 Å².